The summed E-state index contributed by atoms with van der Waals surface area (Å²) in [6, 6.07) is 62.5. The Kier molecular flexibility index (Phi) is 45.0. The number of amides is 6. The van der Waals surface area contributed by atoms with Gasteiger partial charge in [0.1, 0.15) is 85.6 Å². The molecule has 0 radical (unpaired) electrons. The molecule has 12 aromatic carbocycles. The molecule has 1 aliphatic rings. The van der Waals surface area contributed by atoms with Crippen molar-refractivity contribution in [3.8, 4) is 46.0 Å². The number of hydroxylamine groups is 6. The van der Waals surface area contributed by atoms with Gasteiger partial charge in [-0.2, -0.15) is 43.6 Å². The van der Waals surface area contributed by atoms with E-state index in [0.29, 0.717) is 95.5 Å². The molecule has 0 aromatic heterocycles. The average molecular weight is 2070 g/mol. The van der Waals surface area contributed by atoms with E-state index in [1.807, 2.05) is 218 Å². The second-order valence-electron chi connectivity index (χ2n) is 34.3. The number of carbonyl (C=O) groups is 6. The van der Waals surface area contributed by atoms with E-state index in [-0.39, 0.29) is 83.6 Å². The number of alkyl halides is 5. The Labute approximate surface area is 862 Å². The molecule has 0 saturated heterocycles. The number of methoxy groups -OCH3 is 7. The van der Waals surface area contributed by atoms with Crippen molar-refractivity contribution in [3.63, 3.8) is 0 Å². The van der Waals surface area contributed by atoms with Crippen molar-refractivity contribution in [1.29, 1.82) is 0 Å². The number of halogens is 5. The Morgan fingerprint density at radius 1 is 0.302 bits per heavy atom. The highest BCUT2D eigenvalue weighted by Crippen LogP contribution is 2.43. The van der Waals surface area contributed by atoms with Gasteiger partial charge in [-0.15, -0.1) is 0 Å². The molecule has 0 unspecified atom stereocenters. The van der Waals surface area contributed by atoms with E-state index in [0.717, 1.165) is 147 Å². The first-order chi connectivity index (χ1) is 70.8. The van der Waals surface area contributed by atoms with Crippen LogP contribution in [-0.2, 0) is 80.7 Å². The lowest BCUT2D eigenvalue weighted by Crippen LogP contribution is -2.28. The van der Waals surface area contributed by atoms with Crippen molar-refractivity contribution in [3.05, 3.63) is 341 Å². The highest BCUT2D eigenvalue weighted by molar-refractivity contribution is 5.90. The van der Waals surface area contributed by atoms with Crippen molar-refractivity contribution >= 4 is 70.7 Å². The van der Waals surface area contributed by atoms with Crippen LogP contribution >= 0.6 is 0 Å². The summed E-state index contributed by atoms with van der Waals surface area (Å²) in [5.74, 6) is 5.76. The summed E-state index contributed by atoms with van der Waals surface area (Å²) in [6.07, 6.45) is -10.0. The van der Waals surface area contributed by atoms with Crippen LogP contribution in [-0.4, -0.2) is 124 Å². The van der Waals surface area contributed by atoms with Crippen molar-refractivity contribution in [2.24, 2.45) is 0 Å². The fourth-order valence-electron chi connectivity index (χ4n) is 14.7. The zero-order chi connectivity index (χ0) is 110. The van der Waals surface area contributed by atoms with Crippen molar-refractivity contribution < 1.29 is 148 Å². The zero-order valence-corrected chi connectivity index (χ0v) is 86.9. The van der Waals surface area contributed by atoms with E-state index < -0.39 is 54.7 Å². The topological polar surface area (TPSA) is 372 Å². The minimum atomic E-state index is -4.63. The molecular weight excluding hydrogens is 1940 g/mol. The van der Waals surface area contributed by atoms with E-state index >= 15 is 0 Å². The summed E-state index contributed by atoms with van der Waals surface area (Å²) in [5.41, 5.74) is 17.4. The molecule has 0 atom stereocenters. The lowest BCUT2D eigenvalue weighted by atomic mass is 10.1. The maximum atomic E-state index is 12.9. The first-order valence-electron chi connectivity index (χ1n) is 46.7. The molecule has 0 heterocycles. The second-order valence-corrected chi connectivity index (χ2v) is 34.3. The van der Waals surface area contributed by atoms with E-state index in [2.05, 4.69) is 34.5 Å². The third-order valence-electron chi connectivity index (χ3n) is 22.9. The first-order valence-corrected chi connectivity index (χ1v) is 46.7. The molecule has 37 heteroatoms. The molecule has 12 aromatic rings. The molecule has 1 saturated carbocycles. The van der Waals surface area contributed by atoms with Gasteiger partial charge in [0.25, 0.3) is 6.43 Å². The molecule has 6 amide bonds. The van der Waals surface area contributed by atoms with Crippen LogP contribution in [0.4, 0.5) is 84.8 Å². The van der Waals surface area contributed by atoms with Gasteiger partial charge in [-0.05, 0) is 251 Å². The minimum absolute atomic E-state index is 0.0171. The van der Waals surface area contributed by atoms with Crippen LogP contribution in [0.15, 0.2) is 218 Å². The molecule has 32 nitrogen and oxygen atoms in total. The van der Waals surface area contributed by atoms with Crippen LogP contribution in [0.2, 0.25) is 0 Å². The van der Waals surface area contributed by atoms with Crippen LogP contribution < -0.4 is 68.3 Å². The van der Waals surface area contributed by atoms with Gasteiger partial charge in [-0.1, -0.05) is 156 Å². The number of hydrogen-bond acceptors (Lipinski definition) is 26. The number of hydrogen-bond donors (Lipinski definition) is 6. The van der Waals surface area contributed by atoms with E-state index in [4.69, 9.17) is 37.9 Å². The zero-order valence-electron chi connectivity index (χ0n) is 86.9. The maximum Gasteiger partial charge on any atom is 0.438 e. The summed E-state index contributed by atoms with van der Waals surface area (Å²) in [6.45, 7) is 28.6. The molecule has 13 rings (SSSR count). The van der Waals surface area contributed by atoms with Gasteiger partial charge in [0.05, 0.1) is 96.1 Å². The van der Waals surface area contributed by atoms with Crippen molar-refractivity contribution in [2.45, 2.75) is 174 Å². The number of nitrogens with zero attached hydrogens (tertiary/aromatic N) is 6. The lowest BCUT2D eigenvalue weighted by Gasteiger charge is -2.20. The summed E-state index contributed by atoms with van der Waals surface area (Å²) < 4.78 is 137. The van der Waals surface area contributed by atoms with Gasteiger partial charge in [0.15, 0.2) is 0 Å². The number of anilines is 6. The van der Waals surface area contributed by atoms with Gasteiger partial charge >= 0.3 is 42.7 Å². The Balaban J connectivity index is 0.000000218. The van der Waals surface area contributed by atoms with Gasteiger partial charge in [-0.25, -0.2) is 37.5 Å². The van der Waals surface area contributed by atoms with E-state index in [9.17, 15) is 82.0 Å². The predicted octanol–water partition coefficient (Wildman–Crippen LogP) is 26.9. The third kappa shape index (κ3) is 34.6. The van der Waals surface area contributed by atoms with Crippen LogP contribution in [0.1, 0.15) is 161 Å². The van der Waals surface area contributed by atoms with Crippen molar-refractivity contribution in [1.82, 2.24) is 0 Å². The van der Waals surface area contributed by atoms with Gasteiger partial charge in [0, 0.05) is 51.1 Å². The van der Waals surface area contributed by atoms with Gasteiger partial charge < -0.3 is 66.3 Å². The normalized spacial score (nSPS) is 11.0. The van der Waals surface area contributed by atoms with Gasteiger partial charge in [-0.3, -0.25) is 31.2 Å². The molecule has 6 N–H and O–H groups in total. The van der Waals surface area contributed by atoms with E-state index in [1.54, 1.807) is 48.5 Å². The summed E-state index contributed by atoms with van der Waals surface area (Å²) >= 11 is 0. The Morgan fingerprint density at radius 3 is 0.826 bits per heavy atom. The largest absolute Gasteiger partial charge is 0.497 e. The molecule has 149 heavy (non-hydrogen) atoms. The lowest BCUT2D eigenvalue weighted by molar-refractivity contribution is -0.137. The Hall–Kier alpha value is -15.9. The smallest absolute Gasteiger partial charge is 0.438 e. The quantitative estimate of drug-likeness (QED) is 0.0105. The number of aryl methyl sites for hydroxylation is 13. The summed E-state index contributed by atoms with van der Waals surface area (Å²) in [7, 11) is 8.44. The van der Waals surface area contributed by atoms with Crippen LogP contribution in [0.25, 0.3) is 0 Å². The van der Waals surface area contributed by atoms with E-state index in [1.165, 1.54) is 64.9 Å². The molecule has 1 fully saturated rings. The third-order valence-corrected chi connectivity index (χ3v) is 22.9. The fraction of sp³-hybridized carbons (Fsp3) is 0.304. The Morgan fingerprint density at radius 2 is 0.557 bits per heavy atom. The van der Waals surface area contributed by atoms with Crippen molar-refractivity contribution in [2.75, 3.05) is 86.8 Å². The number of benzene rings is 12. The highest BCUT2D eigenvalue weighted by Gasteiger charge is 2.34. The average Bonchev–Trinajstić information content (AvgIpc) is 1.57. The molecule has 796 valence electrons. The summed E-state index contributed by atoms with van der Waals surface area (Å²) in [4.78, 5) is 69.7. The molecule has 0 aliphatic heterocycles. The van der Waals surface area contributed by atoms with Crippen LogP contribution in [0.3, 0.4) is 0 Å². The van der Waals surface area contributed by atoms with Gasteiger partial charge in [0.2, 0.25) is 0 Å². The van der Waals surface area contributed by atoms with Crippen LogP contribution in [0.5, 0.6) is 46.0 Å². The maximum absolute atomic E-state index is 12.9. The number of rotatable bonds is 30. The standard InChI is InChI=1S/C20H23NO4.C19H23NO5.C19H23NO4.C18H18F3NO4.C18H19F2NO4.C18H21NO5/c1-13-4-9-19(14(2)10-13)25-12-17-8-7-16(15-5-6-15)11-18(17)21(23)20(22)24-3;1-5-24-16-8-7-15(17(11-16)20(22)19(21)23-4)12-25-18-9-6-13(2)10-14(18)3;1-5-15-7-8-16(17(11-15)20(22)19(21)23-4)12-24-18-9-6-13(2)10-14(18)3;1-11-4-7-16(12(2)8-11)26-10-13-5-6-14(18(19,20)21)9-15(13)22(24)17(23)25-3;1-11-4-7-16(12(2)8-11)25-10-14-6-5-13(17(19)20)9-15(14)21(23)18(22)24-3;1-12-5-8-17(13(2)9-12)24-11-14-6-7-15(22-3)10-16(14)19(21)18(20)23-4/h4,7-11,15,23H,5-6,12H2,1-3H3;6-11,22H,5,12H2,1-4H3;6-11,22H,5,12H2,1-4H3;4-9,24H,10H2,1-3H3;4-9,17,23H,10H2,1-3H3;5-10,21H,11H2,1-4H3. The Bertz CT molecular complexity index is 6320. The number of ether oxygens (including phenoxy) is 14. The molecule has 0 spiro atoms. The number of carbonyl (C=O) groups excluding carboxylic acids is 6. The molecule has 1 aliphatic carbocycles. The molecule has 0 bridgehead atoms. The fourth-order valence-corrected chi connectivity index (χ4v) is 14.7. The monoisotopic (exact) mass is 2070 g/mol. The summed E-state index contributed by atoms with van der Waals surface area (Å²) in [5, 5.41) is 62.4. The predicted molar refractivity (Wildman–Crippen MR) is 549 cm³/mol. The minimum Gasteiger partial charge on any atom is -0.497 e. The first kappa shape index (κ1) is 118. The molecular formula is C112H127F5N6O26. The highest BCUT2D eigenvalue weighted by atomic mass is 19.4. The second kappa shape index (κ2) is 56.7. The van der Waals surface area contributed by atoms with Crippen LogP contribution in [0, 0.1) is 83.1 Å². The SMILES string of the molecule is CCOc1ccc(COc2ccc(C)cc2C)c(N(O)C(=O)OC)c1.CCc1ccc(COc2ccc(C)cc2C)c(N(O)C(=O)OC)c1.COC(=O)N(O)c1cc(C(F)(F)F)ccc1COc1ccc(C)cc1C.COC(=O)N(O)c1cc(C(F)F)ccc1COc1ccc(C)cc1C.COC(=O)N(O)c1cc(C2CC2)ccc1COc1ccc(C)cc1C.COC(=O)N(O)c1cc(OC)ccc1COc1ccc(C)cc1C.